The molecule has 13 rings (SSSR count). The predicted molar refractivity (Wildman–Crippen MR) is 323 cm³/mol. The van der Waals surface area contributed by atoms with Gasteiger partial charge >= 0.3 is 0 Å². The van der Waals surface area contributed by atoms with Crippen LogP contribution in [0.4, 0.5) is 17.1 Å². The van der Waals surface area contributed by atoms with E-state index >= 15 is 0 Å². The molecule has 0 bridgehead atoms. The Morgan fingerprint density at radius 1 is 0.169 bits per heavy atom. The molecule has 2 heterocycles. The summed E-state index contributed by atoms with van der Waals surface area (Å²) in [6.45, 7) is 0. The molecule has 3 heteroatoms. The summed E-state index contributed by atoms with van der Waals surface area (Å²) >= 11 is 0. The van der Waals surface area contributed by atoms with Crippen LogP contribution in [0.15, 0.2) is 322 Å². The summed E-state index contributed by atoms with van der Waals surface area (Å²) in [4.78, 5) is 2.36. The molecule has 0 saturated heterocycles. The quantitative estimate of drug-likeness (QED) is 0.112. The normalized spacial score (nSPS) is 11.1. The summed E-state index contributed by atoms with van der Waals surface area (Å²) in [6, 6.07) is 116. The van der Waals surface area contributed by atoms with Gasteiger partial charge in [-0.05, 0) is 105 Å². The average Bonchev–Trinajstić information content (AvgIpc) is 4.12. The van der Waals surface area contributed by atoms with Gasteiger partial charge in [0, 0.05) is 50.7 Å². The molecule has 364 valence electrons. The number of nitrogens with zero attached hydrogens (tertiary/aromatic N) is 3. The first-order valence-corrected chi connectivity index (χ1v) is 26.4. The SMILES string of the molecule is c1ccc(-c2c(-c3ccccc3)c(-c3ccccc3)n(-c3ccc(N(c4ccccc4)c4ccc(-n5c(-c6ccccc6)c(-c6ccccc6)c(-c6ccccc6)c5-c5ccccc5)cc4)cc3)c2-c2ccccc2)cc1. The van der Waals surface area contributed by atoms with E-state index in [9.17, 15) is 0 Å². The third kappa shape index (κ3) is 8.86. The molecule has 0 amide bonds. The van der Waals surface area contributed by atoms with Gasteiger partial charge in [0.05, 0.1) is 22.8 Å². The number of benzene rings is 11. The Kier molecular flexibility index (Phi) is 12.7. The summed E-state index contributed by atoms with van der Waals surface area (Å²) in [5.74, 6) is 0. The van der Waals surface area contributed by atoms with Gasteiger partial charge in [-0.25, -0.2) is 0 Å². The van der Waals surface area contributed by atoms with Crippen LogP contribution in [0.1, 0.15) is 0 Å². The number of para-hydroxylation sites is 1. The smallest absolute Gasteiger partial charge is 0.0619 e. The Balaban J connectivity index is 1.00. The monoisotopic (exact) mass is 983 g/mol. The molecule has 0 unspecified atom stereocenters. The van der Waals surface area contributed by atoms with Crippen LogP contribution in [0, 0.1) is 0 Å². The highest BCUT2D eigenvalue weighted by molar-refractivity contribution is 6.04. The van der Waals surface area contributed by atoms with Gasteiger partial charge in [-0.15, -0.1) is 0 Å². The molecule has 0 aliphatic heterocycles. The Morgan fingerprint density at radius 3 is 0.571 bits per heavy atom. The fraction of sp³-hybridized carbons (Fsp3) is 0. The molecule has 0 saturated carbocycles. The highest BCUT2D eigenvalue weighted by atomic mass is 15.1. The van der Waals surface area contributed by atoms with Gasteiger partial charge in [-0.1, -0.05) is 261 Å². The van der Waals surface area contributed by atoms with Crippen LogP contribution >= 0.6 is 0 Å². The van der Waals surface area contributed by atoms with E-state index in [0.29, 0.717) is 0 Å². The average molecular weight is 984 g/mol. The van der Waals surface area contributed by atoms with Gasteiger partial charge in [0.1, 0.15) is 0 Å². The zero-order valence-corrected chi connectivity index (χ0v) is 42.4. The largest absolute Gasteiger partial charge is 0.311 e. The van der Waals surface area contributed by atoms with Crippen LogP contribution < -0.4 is 4.90 Å². The van der Waals surface area contributed by atoms with Crippen molar-refractivity contribution in [3.8, 4) is 101 Å². The standard InChI is InChI=1S/C74H53N3/c1-10-28-54(29-11-1)67-68(55-30-12-2-13-31-55)72(59-38-20-6-21-39-59)76(71(67)58-36-18-5-19-37-58)65-50-46-63(47-51-65)75(62-44-26-9-27-45-62)64-48-52-66(53-49-64)77-73(60-40-22-7-23-41-60)69(56-32-14-3-15-33-56)70(57-34-16-4-17-35-57)74(77)61-42-24-8-25-43-61/h1-53H. The van der Waals surface area contributed by atoms with Crippen LogP contribution in [0.3, 0.4) is 0 Å². The first-order chi connectivity index (χ1) is 38.3. The lowest BCUT2D eigenvalue weighted by Crippen LogP contribution is -2.10. The lowest BCUT2D eigenvalue weighted by Gasteiger charge is -2.26. The van der Waals surface area contributed by atoms with Gasteiger partial charge in [0.15, 0.2) is 0 Å². The second-order valence-electron chi connectivity index (χ2n) is 19.2. The van der Waals surface area contributed by atoms with Crippen LogP contribution in [-0.2, 0) is 0 Å². The molecule has 0 fully saturated rings. The van der Waals surface area contributed by atoms with Crippen LogP contribution in [0.2, 0.25) is 0 Å². The van der Waals surface area contributed by atoms with Crippen LogP contribution in [-0.4, -0.2) is 9.13 Å². The van der Waals surface area contributed by atoms with Crippen molar-refractivity contribution in [3.05, 3.63) is 322 Å². The first-order valence-electron chi connectivity index (χ1n) is 26.4. The fourth-order valence-electron chi connectivity index (χ4n) is 11.2. The Hall–Kier alpha value is -10.2. The van der Waals surface area contributed by atoms with E-state index in [0.717, 1.165) is 95.7 Å². The van der Waals surface area contributed by atoms with Crippen molar-refractivity contribution in [2.75, 3.05) is 4.90 Å². The maximum atomic E-state index is 2.49. The third-order valence-corrected chi connectivity index (χ3v) is 14.5. The number of rotatable bonds is 13. The van der Waals surface area contributed by atoms with Crippen LogP contribution in [0.5, 0.6) is 0 Å². The molecule has 3 nitrogen and oxygen atoms in total. The third-order valence-electron chi connectivity index (χ3n) is 14.5. The summed E-state index contributed by atoms with van der Waals surface area (Å²) in [5.41, 5.74) is 23.8. The minimum absolute atomic E-state index is 1.04. The molecule has 77 heavy (non-hydrogen) atoms. The fourth-order valence-corrected chi connectivity index (χ4v) is 11.2. The molecular weight excluding hydrogens is 931 g/mol. The molecule has 0 aliphatic carbocycles. The van der Waals surface area contributed by atoms with E-state index < -0.39 is 0 Å². The predicted octanol–water partition coefficient (Wildman–Crippen LogP) is 20.1. The van der Waals surface area contributed by atoms with E-state index in [-0.39, 0.29) is 0 Å². The van der Waals surface area contributed by atoms with Crippen molar-refractivity contribution in [1.82, 2.24) is 9.13 Å². The number of hydrogen-bond acceptors (Lipinski definition) is 1. The number of hydrogen-bond donors (Lipinski definition) is 0. The van der Waals surface area contributed by atoms with E-state index in [1.165, 1.54) is 22.3 Å². The van der Waals surface area contributed by atoms with Crippen molar-refractivity contribution in [2.24, 2.45) is 0 Å². The number of aromatic nitrogens is 2. The molecule has 0 aliphatic rings. The Bertz CT molecular complexity index is 3590. The highest BCUT2D eigenvalue weighted by Crippen LogP contribution is 2.52. The molecule has 0 radical (unpaired) electrons. The lowest BCUT2D eigenvalue weighted by atomic mass is 9.91. The first kappa shape index (κ1) is 46.6. The van der Waals surface area contributed by atoms with Crippen molar-refractivity contribution in [3.63, 3.8) is 0 Å². The minimum Gasteiger partial charge on any atom is -0.311 e. The molecule has 0 N–H and O–H groups in total. The van der Waals surface area contributed by atoms with Gasteiger partial charge in [-0.2, -0.15) is 0 Å². The minimum atomic E-state index is 1.04. The van der Waals surface area contributed by atoms with Crippen molar-refractivity contribution in [2.45, 2.75) is 0 Å². The summed E-state index contributed by atoms with van der Waals surface area (Å²) in [6.07, 6.45) is 0. The van der Waals surface area contributed by atoms with E-state index in [4.69, 9.17) is 0 Å². The molecule has 13 aromatic rings. The van der Waals surface area contributed by atoms with Crippen molar-refractivity contribution < 1.29 is 0 Å². The second-order valence-corrected chi connectivity index (χ2v) is 19.2. The van der Waals surface area contributed by atoms with Gasteiger partial charge in [0.25, 0.3) is 0 Å². The van der Waals surface area contributed by atoms with Crippen molar-refractivity contribution >= 4 is 17.1 Å². The van der Waals surface area contributed by atoms with Gasteiger partial charge in [-0.3, -0.25) is 0 Å². The van der Waals surface area contributed by atoms with Crippen LogP contribution in [0.25, 0.3) is 101 Å². The maximum absolute atomic E-state index is 2.49. The zero-order valence-electron chi connectivity index (χ0n) is 42.4. The van der Waals surface area contributed by atoms with E-state index in [1.807, 2.05) is 0 Å². The molecule has 11 aromatic carbocycles. The Morgan fingerprint density at radius 2 is 0.351 bits per heavy atom. The second kappa shape index (κ2) is 21.0. The molecular formula is C74H53N3. The summed E-state index contributed by atoms with van der Waals surface area (Å²) in [5, 5.41) is 0. The lowest BCUT2D eigenvalue weighted by molar-refractivity contribution is 1.09. The Labute approximate surface area is 451 Å². The maximum Gasteiger partial charge on any atom is 0.0619 e. The zero-order chi connectivity index (χ0) is 51.3. The summed E-state index contributed by atoms with van der Waals surface area (Å²) < 4.78 is 4.97. The van der Waals surface area contributed by atoms with E-state index in [2.05, 4.69) is 336 Å². The highest BCUT2D eigenvalue weighted by Gasteiger charge is 2.30. The molecule has 0 atom stereocenters. The topological polar surface area (TPSA) is 13.1 Å². The summed E-state index contributed by atoms with van der Waals surface area (Å²) in [7, 11) is 0. The number of anilines is 3. The van der Waals surface area contributed by atoms with Gasteiger partial charge < -0.3 is 14.0 Å². The van der Waals surface area contributed by atoms with Gasteiger partial charge in [0.2, 0.25) is 0 Å². The molecule has 2 aromatic heterocycles. The molecule has 0 spiro atoms. The van der Waals surface area contributed by atoms with E-state index in [1.54, 1.807) is 0 Å². The van der Waals surface area contributed by atoms with Crippen molar-refractivity contribution in [1.29, 1.82) is 0 Å².